The lowest BCUT2D eigenvalue weighted by molar-refractivity contribution is 0.121. The van der Waals surface area contributed by atoms with Gasteiger partial charge in [0, 0.05) is 57.5 Å². The Kier molecular flexibility index (Phi) is 13.1. The molecule has 2 aromatic rings. The molecule has 5 nitrogen and oxygen atoms in total. The second-order valence-corrected chi connectivity index (χ2v) is 5.87. The first kappa shape index (κ1) is 23.2. The molecule has 1 fully saturated rings. The maximum atomic E-state index is 5.67. The summed E-state index contributed by atoms with van der Waals surface area (Å²) in [4.78, 5) is 4.99. The molecule has 1 aliphatic heterocycles. The van der Waals surface area contributed by atoms with Crippen LogP contribution in [0, 0.1) is 0 Å². The van der Waals surface area contributed by atoms with Crippen LogP contribution < -0.4 is 4.90 Å². The SMILES string of the molecule is CC.CC.c1ccc(N2CCN(CCCOCCc3ccon3)CC2)cc1. The Morgan fingerprint density at radius 1 is 0.926 bits per heavy atom. The zero-order valence-electron chi connectivity index (χ0n) is 17.6. The number of rotatable bonds is 8. The fraction of sp³-hybridized carbons (Fsp3) is 0.591. The molecule has 1 aliphatic rings. The molecule has 0 radical (unpaired) electrons. The van der Waals surface area contributed by atoms with Crippen molar-refractivity contribution in [2.24, 2.45) is 0 Å². The minimum atomic E-state index is 0.717. The smallest absolute Gasteiger partial charge is 0.124 e. The van der Waals surface area contributed by atoms with E-state index in [1.54, 1.807) is 6.26 Å². The first-order chi connectivity index (χ1) is 13.4. The van der Waals surface area contributed by atoms with Crippen LogP contribution in [0.4, 0.5) is 5.69 Å². The van der Waals surface area contributed by atoms with Crippen molar-refractivity contribution in [3.63, 3.8) is 0 Å². The van der Waals surface area contributed by atoms with Gasteiger partial charge < -0.3 is 14.2 Å². The van der Waals surface area contributed by atoms with Crippen LogP contribution in [0.5, 0.6) is 0 Å². The largest absolute Gasteiger partial charge is 0.381 e. The van der Waals surface area contributed by atoms with E-state index in [1.807, 2.05) is 33.8 Å². The third kappa shape index (κ3) is 9.07. The minimum absolute atomic E-state index is 0.717. The molecule has 3 rings (SSSR count). The molecule has 27 heavy (non-hydrogen) atoms. The highest BCUT2D eigenvalue weighted by molar-refractivity contribution is 5.46. The number of nitrogens with zero attached hydrogens (tertiary/aromatic N) is 3. The van der Waals surface area contributed by atoms with Crippen LogP contribution in [0.15, 0.2) is 47.2 Å². The molecule has 1 aromatic carbocycles. The van der Waals surface area contributed by atoms with Gasteiger partial charge in [-0.15, -0.1) is 0 Å². The van der Waals surface area contributed by atoms with Gasteiger partial charge in [-0.3, -0.25) is 4.90 Å². The van der Waals surface area contributed by atoms with Crippen LogP contribution in [0.1, 0.15) is 39.8 Å². The van der Waals surface area contributed by atoms with E-state index in [2.05, 4.69) is 45.3 Å². The van der Waals surface area contributed by atoms with E-state index in [-0.39, 0.29) is 0 Å². The lowest BCUT2D eigenvalue weighted by atomic mass is 10.2. The van der Waals surface area contributed by atoms with Gasteiger partial charge in [0.05, 0.1) is 12.3 Å². The molecule has 0 N–H and O–H groups in total. The van der Waals surface area contributed by atoms with Gasteiger partial charge in [0.1, 0.15) is 6.26 Å². The fourth-order valence-electron chi connectivity index (χ4n) is 2.90. The summed E-state index contributed by atoms with van der Waals surface area (Å²) in [5, 5.41) is 3.87. The van der Waals surface area contributed by atoms with Crippen molar-refractivity contribution in [2.45, 2.75) is 40.5 Å². The first-order valence-electron chi connectivity index (χ1n) is 10.4. The second-order valence-electron chi connectivity index (χ2n) is 5.87. The Hall–Kier alpha value is -1.85. The quantitative estimate of drug-likeness (QED) is 0.636. The summed E-state index contributed by atoms with van der Waals surface area (Å²) in [5.74, 6) is 0. The Bertz CT molecular complexity index is 538. The van der Waals surface area contributed by atoms with Crippen molar-refractivity contribution >= 4 is 5.69 Å². The lowest BCUT2D eigenvalue weighted by Crippen LogP contribution is -2.46. The molecule has 0 unspecified atom stereocenters. The van der Waals surface area contributed by atoms with Crippen molar-refractivity contribution < 1.29 is 9.26 Å². The lowest BCUT2D eigenvalue weighted by Gasteiger charge is -2.36. The molecule has 0 atom stereocenters. The summed E-state index contributed by atoms with van der Waals surface area (Å²) in [5.41, 5.74) is 2.30. The van der Waals surface area contributed by atoms with Crippen molar-refractivity contribution in [3.8, 4) is 0 Å². The molecular formula is C22H37N3O2. The standard InChI is InChI=1S/C18H25N3O2.2C2H6/c1-2-5-18(6-3-1)21-12-10-20(11-13-21)9-4-14-22-15-7-17-8-16-23-19-17;2*1-2/h1-3,5-6,8,16H,4,7,9-15H2;2*1-2H3. The maximum absolute atomic E-state index is 5.67. The van der Waals surface area contributed by atoms with Gasteiger partial charge in [-0.2, -0.15) is 0 Å². The zero-order chi connectivity index (χ0) is 19.7. The number of piperazine rings is 1. The van der Waals surface area contributed by atoms with Gasteiger partial charge in [-0.1, -0.05) is 51.1 Å². The number of anilines is 1. The van der Waals surface area contributed by atoms with Gasteiger partial charge in [0.15, 0.2) is 0 Å². The van der Waals surface area contributed by atoms with Crippen LogP contribution >= 0.6 is 0 Å². The van der Waals surface area contributed by atoms with E-state index in [0.717, 1.165) is 57.9 Å². The highest BCUT2D eigenvalue weighted by Crippen LogP contribution is 2.15. The summed E-state index contributed by atoms with van der Waals surface area (Å²) in [6.07, 6.45) is 3.51. The molecule has 1 saturated heterocycles. The maximum Gasteiger partial charge on any atom is 0.124 e. The zero-order valence-corrected chi connectivity index (χ0v) is 17.6. The molecular weight excluding hydrogens is 338 g/mol. The summed E-state index contributed by atoms with van der Waals surface area (Å²) < 4.78 is 10.5. The first-order valence-corrected chi connectivity index (χ1v) is 10.4. The van der Waals surface area contributed by atoms with E-state index in [4.69, 9.17) is 9.26 Å². The summed E-state index contributed by atoms with van der Waals surface area (Å²) in [7, 11) is 0. The molecule has 2 heterocycles. The molecule has 0 bridgehead atoms. The summed E-state index contributed by atoms with van der Waals surface area (Å²) in [6, 6.07) is 12.6. The van der Waals surface area contributed by atoms with Gasteiger partial charge >= 0.3 is 0 Å². The van der Waals surface area contributed by atoms with Gasteiger partial charge in [0.25, 0.3) is 0 Å². The third-order valence-electron chi connectivity index (χ3n) is 4.25. The van der Waals surface area contributed by atoms with E-state index in [9.17, 15) is 0 Å². The Morgan fingerprint density at radius 2 is 1.63 bits per heavy atom. The number of aromatic nitrogens is 1. The van der Waals surface area contributed by atoms with Crippen molar-refractivity contribution in [2.75, 3.05) is 50.8 Å². The van der Waals surface area contributed by atoms with Gasteiger partial charge in [0.2, 0.25) is 0 Å². The molecule has 152 valence electrons. The molecule has 0 saturated carbocycles. The molecule has 1 aromatic heterocycles. The molecule has 0 amide bonds. The van der Waals surface area contributed by atoms with Crippen molar-refractivity contribution in [1.29, 1.82) is 0 Å². The van der Waals surface area contributed by atoms with E-state index < -0.39 is 0 Å². The minimum Gasteiger partial charge on any atom is -0.381 e. The van der Waals surface area contributed by atoms with Crippen LogP contribution in [0.3, 0.4) is 0 Å². The molecule has 0 aliphatic carbocycles. The van der Waals surface area contributed by atoms with Crippen molar-refractivity contribution in [3.05, 3.63) is 48.4 Å². The van der Waals surface area contributed by atoms with Crippen molar-refractivity contribution in [1.82, 2.24) is 10.1 Å². The number of benzene rings is 1. The molecule has 0 spiro atoms. The Morgan fingerprint density at radius 3 is 2.26 bits per heavy atom. The van der Waals surface area contributed by atoms with E-state index in [1.165, 1.54) is 5.69 Å². The predicted molar refractivity (Wildman–Crippen MR) is 113 cm³/mol. The number of ether oxygens (including phenoxy) is 1. The predicted octanol–water partition coefficient (Wildman–Crippen LogP) is 4.50. The topological polar surface area (TPSA) is 41.7 Å². The summed E-state index contributed by atoms with van der Waals surface area (Å²) >= 11 is 0. The number of hydrogen-bond donors (Lipinski definition) is 0. The van der Waals surface area contributed by atoms with Gasteiger partial charge in [-0.05, 0) is 18.6 Å². The average Bonchev–Trinajstić information content (AvgIpc) is 3.28. The van der Waals surface area contributed by atoms with E-state index in [0.29, 0.717) is 6.61 Å². The summed E-state index contributed by atoms with van der Waals surface area (Å²) in [6.45, 7) is 15.1. The van der Waals surface area contributed by atoms with Crippen LogP contribution in [0.25, 0.3) is 0 Å². The van der Waals surface area contributed by atoms with Crippen LogP contribution in [-0.2, 0) is 11.2 Å². The van der Waals surface area contributed by atoms with Crippen LogP contribution in [0.2, 0.25) is 0 Å². The average molecular weight is 376 g/mol. The Balaban J connectivity index is 0.000000855. The van der Waals surface area contributed by atoms with Crippen LogP contribution in [-0.4, -0.2) is 56.0 Å². The number of hydrogen-bond acceptors (Lipinski definition) is 5. The molecule has 5 heteroatoms. The highest BCUT2D eigenvalue weighted by Gasteiger charge is 2.16. The Labute approximate surface area is 165 Å². The number of para-hydroxylation sites is 1. The second kappa shape index (κ2) is 15.2. The highest BCUT2D eigenvalue weighted by atomic mass is 16.5. The third-order valence-corrected chi connectivity index (χ3v) is 4.25. The fourth-order valence-corrected chi connectivity index (χ4v) is 2.90. The monoisotopic (exact) mass is 375 g/mol. The van der Waals surface area contributed by atoms with Gasteiger partial charge in [-0.25, -0.2) is 0 Å². The van der Waals surface area contributed by atoms with E-state index >= 15 is 0 Å². The normalized spacial score (nSPS) is 14.0.